The molecule has 4 heteroatoms. The van der Waals surface area contributed by atoms with E-state index in [9.17, 15) is 5.11 Å². The van der Waals surface area contributed by atoms with Crippen LogP contribution < -0.4 is 10.3 Å². The van der Waals surface area contributed by atoms with Crippen molar-refractivity contribution in [3.63, 3.8) is 0 Å². The summed E-state index contributed by atoms with van der Waals surface area (Å²) in [5.41, 5.74) is 0.784. The Morgan fingerprint density at radius 3 is 2.38 bits per heavy atom. The van der Waals surface area contributed by atoms with Gasteiger partial charge in [0.1, 0.15) is 5.84 Å². The van der Waals surface area contributed by atoms with E-state index in [1.807, 2.05) is 30.3 Å². The highest BCUT2D eigenvalue weighted by Crippen LogP contribution is 2.24. The van der Waals surface area contributed by atoms with E-state index in [2.05, 4.69) is 31.2 Å². The smallest absolute Gasteiger partial charge is 0.226 e. The molecule has 0 saturated heterocycles. The number of para-hydroxylation sites is 1. The molecule has 0 aromatic heterocycles. The fourth-order valence-corrected chi connectivity index (χ4v) is 1.52. The maximum Gasteiger partial charge on any atom is 0.226 e. The van der Waals surface area contributed by atoms with E-state index in [0.29, 0.717) is 0 Å². The number of aliphatic hydroxyl groups excluding tert-OH is 1. The molecule has 16 heavy (non-hydrogen) atoms. The van der Waals surface area contributed by atoms with E-state index in [0.717, 1.165) is 11.5 Å². The second-order valence-corrected chi connectivity index (χ2v) is 4.90. The first-order chi connectivity index (χ1) is 7.48. The third-order valence-electron chi connectivity index (χ3n) is 2.44. The zero-order valence-corrected chi connectivity index (χ0v) is 9.81. The summed E-state index contributed by atoms with van der Waals surface area (Å²) in [5.74, 6) is 0.795. The second-order valence-electron chi connectivity index (χ2n) is 4.90. The third-order valence-corrected chi connectivity index (χ3v) is 2.44. The molecule has 0 saturated carbocycles. The molecule has 0 amide bonds. The predicted octanol–water partition coefficient (Wildman–Crippen LogP) is 1.73. The molecule has 0 fully saturated rings. The van der Waals surface area contributed by atoms with E-state index in [-0.39, 0.29) is 5.41 Å². The molecule has 1 atom stereocenters. The molecule has 2 rings (SSSR count). The van der Waals surface area contributed by atoms with Gasteiger partial charge in [0.05, 0.1) is 5.69 Å². The Labute approximate surface area is 95.6 Å². The van der Waals surface area contributed by atoms with Gasteiger partial charge in [-0.05, 0) is 12.1 Å². The van der Waals surface area contributed by atoms with Crippen LogP contribution in [0.1, 0.15) is 20.8 Å². The minimum Gasteiger partial charge on any atom is -0.355 e. The van der Waals surface area contributed by atoms with Crippen LogP contribution in [0.25, 0.3) is 0 Å². The number of hydrazone groups is 1. The molecule has 1 aliphatic heterocycles. The number of nitrogens with zero attached hydrogens (tertiary/aromatic N) is 2. The second kappa shape index (κ2) is 3.79. The first-order valence-corrected chi connectivity index (χ1v) is 5.36. The Bertz CT molecular complexity index is 394. The molecule has 0 radical (unpaired) electrons. The van der Waals surface area contributed by atoms with Gasteiger partial charge < -0.3 is 10.4 Å². The molecule has 4 nitrogen and oxygen atoms in total. The van der Waals surface area contributed by atoms with Crippen LogP contribution in [-0.2, 0) is 0 Å². The molecule has 0 aliphatic carbocycles. The van der Waals surface area contributed by atoms with E-state index < -0.39 is 6.35 Å². The standard InChI is InChI=1S/C12H17N3O/c1-12(2,3)10-13-11(16)15(14-10)9-7-5-4-6-8-9/h4-8,11,16H,1-3H3,(H,13,14). The van der Waals surface area contributed by atoms with E-state index in [1.54, 1.807) is 5.01 Å². The largest absolute Gasteiger partial charge is 0.355 e. The fourth-order valence-electron chi connectivity index (χ4n) is 1.52. The van der Waals surface area contributed by atoms with Crippen molar-refractivity contribution in [2.45, 2.75) is 27.1 Å². The van der Waals surface area contributed by atoms with Crippen LogP contribution in [-0.4, -0.2) is 17.3 Å². The molecule has 0 bridgehead atoms. The van der Waals surface area contributed by atoms with Gasteiger partial charge in [-0.3, -0.25) is 0 Å². The van der Waals surface area contributed by atoms with Crippen LogP contribution in [0.15, 0.2) is 35.4 Å². The van der Waals surface area contributed by atoms with Crippen molar-refractivity contribution in [1.29, 1.82) is 0 Å². The quantitative estimate of drug-likeness (QED) is 0.756. The van der Waals surface area contributed by atoms with Gasteiger partial charge in [-0.15, -0.1) is 0 Å². The van der Waals surface area contributed by atoms with E-state index in [4.69, 9.17) is 0 Å². The first kappa shape index (κ1) is 11.0. The number of amidine groups is 1. The van der Waals surface area contributed by atoms with Gasteiger partial charge in [0.15, 0.2) is 0 Å². The van der Waals surface area contributed by atoms with Crippen LogP contribution in [0, 0.1) is 5.41 Å². The van der Waals surface area contributed by atoms with Crippen molar-refractivity contribution in [3.8, 4) is 0 Å². The predicted molar refractivity (Wildman–Crippen MR) is 65.0 cm³/mol. The topological polar surface area (TPSA) is 47.9 Å². The number of anilines is 1. The lowest BCUT2D eigenvalue weighted by Crippen LogP contribution is -2.41. The van der Waals surface area contributed by atoms with Gasteiger partial charge in [-0.25, -0.2) is 5.01 Å². The maximum atomic E-state index is 9.88. The summed E-state index contributed by atoms with van der Waals surface area (Å²) in [6.07, 6.45) is -0.781. The third kappa shape index (κ3) is 2.02. The zero-order valence-electron chi connectivity index (χ0n) is 9.81. The van der Waals surface area contributed by atoms with Crippen molar-refractivity contribution in [2.24, 2.45) is 10.5 Å². The normalized spacial score (nSPS) is 20.6. The Hall–Kier alpha value is -1.55. The fraction of sp³-hybridized carbons (Fsp3) is 0.417. The van der Waals surface area contributed by atoms with Gasteiger partial charge in [0.25, 0.3) is 0 Å². The lowest BCUT2D eigenvalue weighted by Gasteiger charge is -2.19. The lowest BCUT2D eigenvalue weighted by atomic mass is 9.95. The minimum atomic E-state index is -0.781. The molecule has 2 N–H and O–H groups in total. The van der Waals surface area contributed by atoms with Crippen LogP contribution in [0.4, 0.5) is 5.69 Å². The number of nitrogens with one attached hydrogen (secondary N) is 1. The molecule has 1 heterocycles. The van der Waals surface area contributed by atoms with Crippen molar-refractivity contribution in [1.82, 2.24) is 5.32 Å². The summed E-state index contributed by atoms with van der Waals surface area (Å²) < 4.78 is 0. The van der Waals surface area contributed by atoms with Crippen LogP contribution >= 0.6 is 0 Å². The summed E-state index contributed by atoms with van der Waals surface area (Å²) in [4.78, 5) is 0. The molecule has 1 aromatic rings. The van der Waals surface area contributed by atoms with Crippen LogP contribution in [0.3, 0.4) is 0 Å². The highest BCUT2D eigenvalue weighted by molar-refractivity contribution is 5.90. The monoisotopic (exact) mass is 219 g/mol. The van der Waals surface area contributed by atoms with Crippen molar-refractivity contribution in [3.05, 3.63) is 30.3 Å². The van der Waals surface area contributed by atoms with Gasteiger partial charge in [0, 0.05) is 5.41 Å². The average molecular weight is 219 g/mol. The molecular formula is C12H17N3O. The first-order valence-electron chi connectivity index (χ1n) is 5.36. The van der Waals surface area contributed by atoms with Gasteiger partial charge in [0.2, 0.25) is 6.35 Å². The highest BCUT2D eigenvalue weighted by Gasteiger charge is 2.31. The Morgan fingerprint density at radius 2 is 1.88 bits per heavy atom. The molecule has 1 aliphatic rings. The van der Waals surface area contributed by atoms with Crippen LogP contribution in [0.2, 0.25) is 0 Å². The summed E-state index contributed by atoms with van der Waals surface area (Å²) in [7, 11) is 0. The molecule has 0 spiro atoms. The minimum absolute atomic E-state index is 0.0927. The van der Waals surface area contributed by atoms with E-state index in [1.165, 1.54) is 0 Å². The number of benzene rings is 1. The Morgan fingerprint density at radius 1 is 1.25 bits per heavy atom. The average Bonchev–Trinajstić information content (AvgIpc) is 2.61. The Kier molecular flexibility index (Phi) is 2.59. The SMILES string of the molecule is CC(C)(C)C1=NN(c2ccccc2)C(O)N1. The molecule has 1 aromatic carbocycles. The van der Waals surface area contributed by atoms with Crippen molar-refractivity contribution < 1.29 is 5.11 Å². The van der Waals surface area contributed by atoms with Gasteiger partial charge >= 0.3 is 0 Å². The molecular weight excluding hydrogens is 202 g/mol. The number of hydrogen-bond acceptors (Lipinski definition) is 4. The maximum absolute atomic E-state index is 9.88. The lowest BCUT2D eigenvalue weighted by molar-refractivity contribution is 0.164. The summed E-state index contributed by atoms with van der Waals surface area (Å²) in [6, 6.07) is 9.62. The highest BCUT2D eigenvalue weighted by atomic mass is 16.3. The molecule has 1 unspecified atom stereocenters. The number of aliphatic hydroxyl groups is 1. The van der Waals surface area contributed by atoms with Gasteiger partial charge in [-0.2, -0.15) is 5.10 Å². The summed E-state index contributed by atoms with van der Waals surface area (Å²) >= 11 is 0. The molecule has 86 valence electrons. The van der Waals surface area contributed by atoms with Crippen molar-refractivity contribution in [2.75, 3.05) is 5.01 Å². The number of hydrogen-bond donors (Lipinski definition) is 2. The van der Waals surface area contributed by atoms with E-state index >= 15 is 0 Å². The number of rotatable bonds is 1. The van der Waals surface area contributed by atoms with Crippen molar-refractivity contribution >= 4 is 11.5 Å². The summed E-state index contributed by atoms with van der Waals surface area (Å²) in [5, 5.41) is 18.8. The zero-order chi connectivity index (χ0) is 11.8. The Balaban J connectivity index is 2.28. The summed E-state index contributed by atoms with van der Waals surface area (Å²) in [6.45, 7) is 6.17. The van der Waals surface area contributed by atoms with Crippen LogP contribution in [0.5, 0.6) is 0 Å². The van der Waals surface area contributed by atoms with Gasteiger partial charge in [-0.1, -0.05) is 39.0 Å².